The van der Waals surface area contributed by atoms with Crippen LogP contribution < -0.4 is 10.6 Å². The summed E-state index contributed by atoms with van der Waals surface area (Å²) >= 11 is 0. The summed E-state index contributed by atoms with van der Waals surface area (Å²) in [4.78, 5) is 9.12. The van der Waals surface area contributed by atoms with E-state index in [-0.39, 0.29) is 0 Å². The van der Waals surface area contributed by atoms with Crippen LogP contribution in [0.2, 0.25) is 0 Å². The van der Waals surface area contributed by atoms with Gasteiger partial charge in [0.1, 0.15) is 11.6 Å². The molecule has 4 nitrogen and oxygen atoms in total. The molecule has 1 fully saturated rings. The second-order valence-electron chi connectivity index (χ2n) is 5.24. The Hall–Kier alpha value is -2.10. The van der Waals surface area contributed by atoms with Crippen molar-refractivity contribution in [2.24, 2.45) is 5.92 Å². The second-order valence-corrected chi connectivity index (χ2v) is 5.24. The van der Waals surface area contributed by atoms with E-state index in [4.69, 9.17) is 0 Å². The van der Waals surface area contributed by atoms with E-state index in [1.807, 2.05) is 43.4 Å². The van der Waals surface area contributed by atoms with Crippen LogP contribution in [0.15, 0.2) is 36.4 Å². The summed E-state index contributed by atoms with van der Waals surface area (Å²) in [5.74, 6) is 3.42. The van der Waals surface area contributed by atoms with Crippen molar-refractivity contribution in [3.63, 3.8) is 0 Å². The maximum atomic E-state index is 4.61. The fourth-order valence-electron chi connectivity index (χ4n) is 2.19. The number of rotatable bonds is 6. The van der Waals surface area contributed by atoms with Crippen LogP contribution in [-0.4, -0.2) is 23.6 Å². The van der Waals surface area contributed by atoms with Crippen LogP contribution in [-0.2, 0) is 0 Å². The Morgan fingerprint density at radius 3 is 2.55 bits per heavy atom. The molecule has 2 aromatic rings. The first-order valence-corrected chi connectivity index (χ1v) is 7.21. The molecule has 1 aliphatic carbocycles. The Bertz CT molecular complexity index is 564. The monoisotopic (exact) mass is 268 g/mol. The summed E-state index contributed by atoms with van der Waals surface area (Å²) in [5.41, 5.74) is 1.04. The molecule has 0 amide bonds. The van der Waals surface area contributed by atoms with Crippen molar-refractivity contribution in [1.29, 1.82) is 0 Å². The molecule has 20 heavy (non-hydrogen) atoms. The number of nitrogens with zero attached hydrogens (tertiary/aromatic N) is 2. The Labute approximate surface area is 119 Å². The summed E-state index contributed by atoms with van der Waals surface area (Å²) in [7, 11) is 1.88. The molecule has 0 spiro atoms. The Morgan fingerprint density at radius 1 is 1.10 bits per heavy atom. The third-order valence-electron chi connectivity index (χ3n) is 3.57. The Morgan fingerprint density at radius 2 is 1.85 bits per heavy atom. The standard InChI is InChI=1S/C16H20N4/c1-17-14-11-15(18-10-9-12-7-8-12)20-16(19-14)13-5-3-2-4-6-13/h2-6,11-12H,7-10H2,1H3,(H2,17,18,19,20). The highest BCUT2D eigenvalue weighted by Crippen LogP contribution is 2.32. The highest BCUT2D eigenvalue weighted by atomic mass is 15.1. The van der Waals surface area contributed by atoms with Crippen LogP contribution in [0.5, 0.6) is 0 Å². The third-order valence-corrected chi connectivity index (χ3v) is 3.57. The molecule has 1 aromatic carbocycles. The molecule has 4 heteroatoms. The van der Waals surface area contributed by atoms with Crippen LogP contribution in [0.25, 0.3) is 11.4 Å². The summed E-state index contributed by atoms with van der Waals surface area (Å²) < 4.78 is 0. The van der Waals surface area contributed by atoms with Gasteiger partial charge in [-0.3, -0.25) is 0 Å². The van der Waals surface area contributed by atoms with Gasteiger partial charge in [-0.15, -0.1) is 0 Å². The minimum atomic E-state index is 0.756. The molecule has 0 radical (unpaired) electrons. The van der Waals surface area contributed by atoms with Crippen LogP contribution in [0.1, 0.15) is 19.3 Å². The van der Waals surface area contributed by atoms with Crippen molar-refractivity contribution in [3.05, 3.63) is 36.4 Å². The molecule has 1 aliphatic rings. The average molecular weight is 268 g/mol. The predicted molar refractivity (Wildman–Crippen MR) is 82.8 cm³/mol. The molecule has 104 valence electrons. The minimum absolute atomic E-state index is 0.756. The van der Waals surface area contributed by atoms with Gasteiger partial charge < -0.3 is 10.6 Å². The lowest BCUT2D eigenvalue weighted by Crippen LogP contribution is -2.06. The molecule has 0 bridgehead atoms. The minimum Gasteiger partial charge on any atom is -0.373 e. The van der Waals surface area contributed by atoms with Crippen molar-refractivity contribution >= 4 is 11.6 Å². The van der Waals surface area contributed by atoms with E-state index in [0.29, 0.717) is 0 Å². The molecule has 0 aliphatic heterocycles. The quantitative estimate of drug-likeness (QED) is 0.843. The van der Waals surface area contributed by atoms with Gasteiger partial charge in [-0.1, -0.05) is 43.2 Å². The zero-order chi connectivity index (χ0) is 13.8. The normalized spacial score (nSPS) is 14.1. The molecule has 0 atom stereocenters. The summed E-state index contributed by atoms with van der Waals surface area (Å²) in [6.45, 7) is 0.985. The molecule has 1 aromatic heterocycles. The lowest BCUT2D eigenvalue weighted by atomic mass is 10.2. The molecular weight excluding hydrogens is 248 g/mol. The highest BCUT2D eigenvalue weighted by molar-refractivity contribution is 5.61. The van der Waals surface area contributed by atoms with E-state index < -0.39 is 0 Å². The van der Waals surface area contributed by atoms with Gasteiger partial charge in [-0.25, -0.2) is 9.97 Å². The largest absolute Gasteiger partial charge is 0.373 e. The van der Waals surface area contributed by atoms with Crippen molar-refractivity contribution in [1.82, 2.24) is 9.97 Å². The van der Waals surface area contributed by atoms with E-state index >= 15 is 0 Å². The molecule has 1 heterocycles. The van der Waals surface area contributed by atoms with E-state index in [1.54, 1.807) is 0 Å². The highest BCUT2D eigenvalue weighted by Gasteiger charge is 2.20. The van der Waals surface area contributed by atoms with Crippen LogP contribution in [0.3, 0.4) is 0 Å². The lowest BCUT2D eigenvalue weighted by Gasteiger charge is -2.09. The number of hydrogen-bond donors (Lipinski definition) is 2. The number of benzene rings is 1. The fraction of sp³-hybridized carbons (Fsp3) is 0.375. The van der Waals surface area contributed by atoms with Gasteiger partial charge in [0.15, 0.2) is 5.82 Å². The van der Waals surface area contributed by atoms with Gasteiger partial charge in [0.25, 0.3) is 0 Å². The number of anilines is 2. The first-order chi connectivity index (χ1) is 9.85. The number of nitrogens with one attached hydrogen (secondary N) is 2. The first-order valence-electron chi connectivity index (χ1n) is 7.21. The summed E-state index contributed by atoms with van der Waals surface area (Å²) in [5, 5.41) is 6.51. The van der Waals surface area contributed by atoms with E-state index in [1.165, 1.54) is 19.3 Å². The molecule has 0 unspecified atom stereocenters. The van der Waals surface area contributed by atoms with E-state index in [0.717, 1.165) is 35.5 Å². The lowest BCUT2D eigenvalue weighted by molar-refractivity contribution is 0.758. The van der Waals surface area contributed by atoms with Gasteiger partial charge in [-0.2, -0.15) is 0 Å². The summed E-state index contributed by atoms with van der Waals surface area (Å²) in [6.07, 6.45) is 4.02. The molecule has 2 N–H and O–H groups in total. The van der Waals surface area contributed by atoms with Gasteiger partial charge >= 0.3 is 0 Å². The third kappa shape index (κ3) is 3.26. The van der Waals surface area contributed by atoms with Crippen LogP contribution in [0.4, 0.5) is 11.6 Å². The molecule has 0 saturated heterocycles. The molecular formula is C16H20N4. The molecule has 3 rings (SSSR count). The second kappa shape index (κ2) is 5.90. The smallest absolute Gasteiger partial charge is 0.163 e. The number of hydrogen-bond acceptors (Lipinski definition) is 4. The fourth-order valence-corrected chi connectivity index (χ4v) is 2.19. The van der Waals surface area contributed by atoms with Gasteiger partial charge in [0.05, 0.1) is 0 Å². The van der Waals surface area contributed by atoms with Crippen molar-refractivity contribution in [3.8, 4) is 11.4 Å². The SMILES string of the molecule is CNc1cc(NCCC2CC2)nc(-c2ccccc2)n1. The van der Waals surface area contributed by atoms with Crippen molar-refractivity contribution in [2.75, 3.05) is 24.2 Å². The van der Waals surface area contributed by atoms with E-state index in [2.05, 4.69) is 20.6 Å². The number of aromatic nitrogens is 2. The van der Waals surface area contributed by atoms with E-state index in [9.17, 15) is 0 Å². The zero-order valence-electron chi connectivity index (χ0n) is 11.8. The topological polar surface area (TPSA) is 49.8 Å². The van der Waals surface area contributed by atoms with Gasteiger partial charge in [-0.05, 0) is 12.3 Å². The predicted octanol–water partition coefficient (Wildman–Crippen LogP) is 3.40. The maximum Gasteiger partial charge on any atom is 0.163 e. The van der Waals surface area contributed by atoms with Crippen LogP contribution >= 0.6 is 0 Å². The van der Waals surface area contributed by atoms with Crippen LogP contribution in [0, 0.1) is 5.92 Å². The summed E-state index contributed by atoms with van der Waals surface area (Å²) in [6, 6.07) is 12.0. The zero-order valence-corrected chi connectivity index (χ0v) is 11.8. The maximum absolute atomic E-state index is 4.61. The average Bonchev–Trinajstić information content (AvgIpc) is 3.32. The Balaban J connectivity index is 1.78. The van der Waals surface area contributed by atoms with Crippen molar-refractivity contribution in [2.45, 2.75) is 19.3 Å². The van der Waals surface area contributed by atoms with Gasteiger partial charge in [0.2, 0.25) is 0 Å². The molecule has 1 saturated carbocycles. The van der Waals surface area contributed by atoms with Gasteiger partial charge in [0, 0.05) is 25.2 Å². The van der Waals surface area contributed by atoms with Crippen molar-refractivity contribution < 1.29 is 0 Å². The first kappa shape index (κ1) is 12.9. The Kier molecular flexibility index (Phi) is 3.81.